The molecule has 0 aliphatic heterocycles. The van der Waals surface area contributed by atoms with E-state index >= 15 is 0 Å². The molecule has 3 heteroatoms. The summed E-state index contributed by atoms with van der Waals surface area (Å²) in [7, 11) is 0. The number of hydrogen-bond acceptors (Lipinski definition) is 3. The Morgan fingerprint density at radius 1 is 0.815 bits per heavy atom. The van der Waals surface area contributed by atoms with Gasteiger partial charge in [-0.1, -0.05) is 74.0 Å². The molecule has 27 heavy (non-hydrogen) atoms. The minimum atomic E-state index is -0.0194. The third-order valence-corrected chi connectivity index (χ3v) is 6.07. The molecule has 0 radical (unpaired) electrons. The Morgan fingerprint density at radius 2 is 1.44 bits per heavy atom. The van der Waals surface area contributed by atoms with Gasteiger partial charge in [-0.05, 0) is 30.0 Å². The molecule has 0 saturated heterocycles. The Hall–Kier alpha value is -2.78. The maximum Gasteiger partial charge on any atom is 0.204 e. The summed E-state index contributed by atoms with van der Waals surface area (Å²) in [6.07, 6.45) is 2.52. The molecule has 0 fully saturated rings. The molecule has 1 aliphatic rings. The van der Waals surface area contributed by atoms with Gasteiger partial charge in [-0.2, -0.15) is 0 Å². The van der Waals surface area contributed by atoms with Gasteiger partial charge < -0.3 is 0 Å². The molecule has 134 valence electrons. The number of carbonyl (C=O) groups excluding carboxylic acids is 2. The molecule has 1 aliphatic carbocycles. The third-order valence-electron chi connectivity index (χ3n) is 4.89. The van der Waals surface area contributed by atoms with Crippen LogP contribution in [0.5, 0.6) is 0 Å². The highest BCUT2D eigenvalue weighted by Gasteiger charge is 2.34. The van der Waals surface area contributed by atoms with E-state index < -0.39 is 0 Å². The van der Waals surface area contributed by atoms with Crippen LogP contribution in [0.1, 0.15) is 51.8 Å². The van der Waals surface area contributed by atoms with E-state index in [2.05, 4.69) is 6.92 Å². The molecule has 0 N–H and O–H groups in total. The number of hydrogen-bond donors (Lipinski definition) is 0. The molecular formula is C24H20O2S. The first kappa shape index (κ1) is 17.6. The van der Waals surface area contributed by atoms with Crippen molar-refractivity contribution in [3.05, 3.63) is 88.3 Å². The van der Waals surface area contributed by atoms with Crippen molar-refractivity contribution < 1.29 is 9.59 Å². The van der Waals surface area contributed by atoms with Crippen molar-refractivity contribution in [2.75, 3.05) is 0 Å². The summed E-state index contributed by atoms with van der Waals surface area (Å²) in [5.41, 5.74) is 3.69. The standard InChI is InChI=1S/C24H20O2S/c1-2-3-14-18-21(17-12-8-5-9-13-17)23(26)24-19(22(18)25)15-20(27-24)16-10-6-4-7-11-16/h4-13,15H,2-3,14H2,1H3. The van der Waals surface area contributed by atoms with E-state index in [9.17, 15) is 9.59 Å². The second kappa shape index (κ2) is 7.45. The lowest BCUT2D eigenvalue weighted by atomic mass is 9.83. The summed E-state index contributed by atoms with van der Waals surface area (Å²) >= 11 is 1.42. The van der Waals surface area contributed by atoms with Crippen LogP contribution in [0.25, 0.3) is 16.0 Å². The molecule has 0 atom stereocenters. The number of thiophene rings is 1. The van der Waals surface area contributed by atoms with Gasteiger partial charge in [0.15, 0.2) is 5.78 Å². The first-order valence-corrected chi connectivity index (χ1v) is 10.1. The fraction of sp³-hybridized carbons (Fsp3) is 0.167. The van der Waals surface area contributed by atoms with Crippen LogP contribution < -0.4 is 0 Å². The van der Waals surface area contributed by atoms with Crippen LogP contribution in [0.3, 0.4) is 0 Å². The van der Waals surface area contributed by atoms with Crippen LogP contribution in [0.4, 0.5) is 0 Å². The molecule has 1 aromatic heterocycles. The third kappa shape index (κ3) is 3.19. The van der Waals surface area contributed by atoms with E-state index in [0.717, 1.165) is 28.8 Å². The van der Waals surface area contributed by atoms with Gasteiger partial charge in [0.1, 0.15) is 0 Å². The predicted octanol–water partition coefficient (Wildman–Crippen LogP) is 6.44. The molecule has 2 nitrogen and oxygen atoms in total. The minimum Gasteiger partial charge on any atom is -0.289 e. The number of fused-ring (bicyclic) bond motifs is 1. The van der Waals surface area contributed by atoms with Crippen molar-refractivity contribution in [2.45, 2.75) is 26.2 Å². The molecule has 1 heterocycles. The van der Waals surface area contributed by atoms with E-state index in [4.69, 9.17) is 0 Å². The fourth-order valence-electron chi connectivity index (χ4n) is 3.50. The average Bonchev–Trinajstić information content (AvgIpc) is 3.17. The Bertz CT molecular complexity index is 1030. The Labute approximate surface area is 163 Å². The van der Waals surface area contributed by atoms with Crippen molar-refractivity contribution in [2.24, 2.45) is 0 Å². The number of unbranched alkanes of at least 4 members (excludes halogenated alkanes) is 1. The van der Waals surface area contributed by atoms with Crippen LogP contribution in [0, 0.1) is 0 Å². The van der Waals surface area contributed by atoms with Gasteiger partial charge in [0.25, 0.3) is 0 Å². The fourth-order valence-corrected chi connectivity index (χ4v) is 4.61. The van der Waals surface area contributed by atoms with Crippen LogP contribution in [-0.4, -0.2) is 11.6 Å². The second-order valence-corrected chi connectivity index (χ2v) is 7.75. The van der Waals surface area contributed by atoms with Gasteiger partial charge in [-0.3, -0.25) is 9.59 Å². The van der Waals surface area contributed by atoms with Crippen molar-refractivity contribution in [1.82, 2.24) is 0 Å². The number of rotatable bonds is 5. The predicted molar refractivity (Wildman–Crippen MR) is 111 cm³/mol. The Kier molecular flexibility index (Phi) is 4.87. The molecule has 2 aromatic carbocycles. The van der Waals surface area contributed by atoms with Gasteiger partial charge in [-0.15, -0.1) is 11.3 Å². The molecule has 0 bridgehead atoms. The van der Waals surface area contributed by atoms with Crippen molar-refractivity contribution >= 4 is 28.5 Å². The maximum atomic E-state index is 13.4. The van der Waals surface area contributed by atoms with E-state index in [0.29, 0.717) is 28.0 Å². The summed E-state index contributed by atoms with van der Waals surface area (Å²) in [5, 5.41) is 0. The number of ketones is 2. The van der Waals surface area contributed by atoms with E-state index in [1.807, 2.05) is 66.7 Å². The van der Waals surface area contributed by atoms with Crippen LogP contribution in [0.2, 0.25) is 0 Å². The molecule has 3 aromatic rings. The normalized spacial score (nSPS) is 13.8. The van der Waals surface area contributed by atoms with Gasteiger partial charge in [0.2, 0.25) is 5.78 Å². The smallest absolute Gasteiger partial charge is 0.204 e. The van der Waals surface area contributed by atoms with Gasteiger partial charge in [0.05, 0.1) is 4.88 Å². The number of allylic oxidation sites excluding steroid dienone is 2. The topological polar surface area (TPSA) is 34.1 Å². The van der Waals surface area contributed by atoms with Crippen molar-refractivity contribution in [1.29, 1.82) is 0 Å². The van der Waals surface area contributed by atoms with Crippen LogP contribution in [0.15, 0.2) is 72.3 Å². The number of carbonyl (C=O) groups is 2. The number of benzene rings is 2. The zero-order valence-corrected chi connectivity index (χ0v) is 16.0. The molecule has 0 unspecified atom stereocenters. The summed E-state index contributed by atoms with van der Waals surface area (Å²) in [6.45, 7) is 2.10. The second-order valence-electron chi connectivity index (χ2n) is 6.70. The summed E-state index contributed by atoms with van der Waals surface area (Å²) in [5.74, 6) is -0.00980. The highest BCUT2D eigenvalue weighted by molar-refractivity contribution is 7.18. The zero-order chi connectivity index (χ0) is 18.8. The van der Waals surface area contributed by atoms with Crippen LogP contribution >= 0.6 is 11.3 Å². The molecule has 4 rings (SSSR count). The van der Waals surface area contributed by atoms with Gasteiger partial charge >= 0.3 is 0 Å². The Balaban J connectivity index is 1.85. The monoisotopic (exact) mass is 372 g/mol. The number of Topliss-reactive ketones (excluding diaryl/α,β-unsaturated/α-hetero) is 2. The summed E-state index contributed by atoms with van der Waals surface area (Å²) < 4.78 is 0. The SMILES string of the molecule is CCCCC1=C(c2ccccc2)C(=O)c2sc(-c3ccccc3)cc2C1=O. The van der Waals surface area contributed by atoms with Crippen molar-refractivity contribution in [3.63, 3.8) is 0 Å². The lowest BCUT2D eigenvalue weighted by molar-refractivity contribution is 0.0991. The van der Waals surface area contributed by atoms with Crippen LogP contribution in [-0.2, 0) is 0 Å². The Morgan fingerprint density at radius 3 is 2.07 bits per heavy atom. The summed E-state index contributed by atoms with van der Waals surface area (Å²) in [6, 6.07) is 21.4. The molecular weight excluding hydrogens is 352 g/mol. The molecule has 0 spiro atoms. The first-order chi connectivity index (χ1) is 13.2. The van der Waals surface area contributed by atoms with Crippen molar-refractivity contribution in [3.8, 4) is 10.4 Å². The lowest BCUT2D eigenvalue weighted by Gasteiger charge is -2.19. The lowest BCUT2D eigenvalue weighted by Crippen LogP contribution is -2.19. The quantitative estimate of drug-likeness (QED) is 0.516. The highest BCUT2D eigenvalue weighted by Crippen LogP contribution is 2.41. The average molecular weight is 372 g/mol. The van der Waals surface area contributed by atoms with E-state index in [1.54, 1.807) is 0 Å². The largest absolute Gasteiger partial charge is 0.289 e. The van der Waals surface area contributed by atoms with E-state index in [-0.39, 0.29) is 11.6 Å². The van der Waals surface area contributed by atoms with Gasteiger partial charge in [0, 0.05) is 21.6 Å². The molecule has 0 saturated carbocycles. The molecule has 0 amide bonds. The summed E-state index contributed by atoms with van der Waals surface area (Å²) in [4.78, 5) is 28.2. The van der Waals surface area contributed by atoms with Gasteiger partial charge in [-0.25, -0.2) is 0 Å². The minimum absolute atomic E-state index is 0.00957. The first-order valence-electron chi connectivity index (χ1n) is 9.28. The highest BCUT2D eigenvalue weighted by atomic mass is 32.1. The zero-order valence-electron chi connectivity index (χ0n) is 15.2. The van der Waals surface area contributed by atoms with E-state index in [1.165, 1.54) is 11.3 Å². The maximum absolute atomic E-state index is 13.4.